The molecule has 2 aromatic carbocycles. The van der Waals surface area contributed by atoms with Crippen molar-refractivity contribution in [1.82, 2.24) is 24.6 Å². The smallest absolute Gasteiger partial charge is 0.254 e. The molecule has 9 heteroatoms. The Balaban J connectivity index is 1.41. The van der Waals surface area contributed by atoms with Gasteiger partial charge in [-0.1, -0.05) is 12.1 Å². The van der Waals surface area contributed by atoms with Gasteiger partial charge in [0, 0.05) is 18.7 Å². The molecule has 5 aromatic rings. The van der Waals surface area contributed by atoms with Gasteiger partial charge in [-0.15, -0.1) is 11.3 Å². The van der Waals surface area contributed by atoms with Crippen LogP contribution in [-0.2, 0) is 6.54 Å². The third-order valence-electron chi connectivity index (χ3n) is 6.18. The van der Waals surface area contributed by atoms with Crippen molar-refractivity contribution in [3.05, 3.63) is 65.3 Å². The Kier molecular flexibility index (Phi) is 5.56. The van der Waals surface area contributed by atoms with Crippen LogP contribution in [0.5, 0.6) is 11.5 Å². The number of amides is 1. The fraction of sp³-hybridized carbons (Fsp3) is 0.259. The van der Waals surface area contributed by atoms with Crippen molar-refractivity contribution in [3.63, 3.8) is 0 Å². The monoisotopic (exact) mass is 499 g/mol. The van der Waals surface area contributed by atoms with E-state index in [0.717, 1.165) is 26.2 Å². The van der Waals surface area contributed by atoms with Gasteiger partial charge in [0.2, 0.25) is 0 Å². The molecule has 0 bridgehead atoms. The molecular formula is C27H25N5O3S. The summed E-state index contributed by atoms with van der Waals surface area (Å²) in [6, 6.07) is 15.7. The summed E-state index contributed by atoms with van der Waals surface area (Å²) in [5.74, 6) is 1.28. The second-order valence-corrected chi connectivity index (χ2v) is 10.2. The SMILES string of the molecule is CC(C)n1ncc2c(C(=O)N(C)Cc3nc4ccccc4s3)cc(-c3ccc4c(c3)OCCO4)nc21. The minimum atomic E-state index is -0.108. The van der Waals surface area contributed by atoms with Gasteiger partial charge in [0.1, 0.15) is 18.2 Å². The van der Waals surface area contributed by atoms with Gasteiger partial charge < -0.3 is 14.4 Å². The first kappa shape index (κ1) is 22.5. The summed E-state index contributed by atoms with van der Waals surface area (Å²) >= 11 is 1.60. The third-order valence-corrected chi connectivity index (χ3v) is 7.20. The van der Waals surface area contributed by atoms with E-state index in [1.807, 2.05) is 67.1 Å². The summed E-state index contributed by atoms with van der Waals surface area (Å²) in [6.45, 7) is 5.55. The topological polar surface area (TPSA) is 82.4 Å². The van der Waals surface area contributed by atoms with E-state index >= 15 is 0 Å². The van der Waals surface area contributed by atoms with Crippen LogP contribution in [0, 0.1) is 0 Å². The lowest BCUT2D eigenvalue weighted by Crippen LogP contribution is -2.26. The summed E-state index contributed by atoms with van der Waals surface area (Å²) in [6.07, 6.45) is 1.73. The van der Waals surface area contributed by atoms with E-state index in [0.29, 0.717) is 48.2 Å². The minimum Gasteiger partial charge on any atom is -0.486 e. The molecule has 0 saturated carbocycles. The van der Waals surface area contributed by atoms with Gasteiger partial charge in [0.15, 0.2) is 17.1 Å². The van der Waals surface area contributed by atoms with Crippen LogP contribution in [0.3, 0.4) is 0 Å². The van der Waals surface area contributed by atoms with E-state index in [-0.39, 0.29) is 11.9 Å². The number of fused-ring (bicyclic) bond motifs is 3. The number of hydrogen-bond acceptors (Lipinski definition) is 7. The zero-order valence-electron chi connectivity index (χ0n) is 20.3. The first-order valence-electron chi connectivity index (χ1n) is 11.9. The molecule has 1 amide bonds. The van der Waals surface area contributed by atoms with Crippen molar-refractivity contribution in [3.8, 4) is 22.8 Å². The number of thiazole rings is 1. The fourth-order valence-corrected chi connectivity index (χ4v) is 5.41. The summed E-state index contributed by atoms with van der Waals surface area (Å²) < 4.78 is 14.4. The summed E-state index contributed by atoms with van der Waals surface area (Å²) in [7, 11) is 1.80. The lowest BCUT2D eigenvalue weighted by molar-refractivity contribution is 0.0787. The zero-order chi connectivity index (χ0) is 24.8. The number of para-hydroxylation sites is 1. The number of benzene rings is 2. The fourth-order valence-electron chi connectivity index (χ4n) is 4.39. The number of nitrogens with zero attached hydrogens (tertiary/aromatic N) is 5. The van der Waals surface area contributed by atoms with Gasteiger partial charge in [-0.25, -0.2) is 14.6 Å². The maximum Gasteiger partial charge on any atom is 0.254 e. The number of hydrogen-bond donors (Lipinski definition) is 0. The van der Waals surface area contributed by atoms with Crippen molar-refractivity contribution >= 4 is 38.5 Å². The average Bonchev–Trinajstić information content (AvgIpc) is 3.51. The average molecular weight is 500 g/mol. The molecule has 0 saturated heterocycles. The Hall–Kier alpha value is -3.98. The van der Waals surface area contributed by atoms with Gasteiger partial charge >= 0.3 is 0 Å². The molecule has 182 valence electrons. The van der Waals surface area contributed by atoms with Crippen molar-refractivity contribution in [1.29, 1.82) is 0 Å². The van der Waals surface area contributed by atoms with Crippen LogP contribution >= 0.6 is 11.3 Å². The number of rotatable bonds is 5. The molecule has 3 aromatic heterocycles. The Labute approximate surface area is 212 Å². The molecule has 0 radical (unpaired) electrons. The number of carbonyl (C=O) groups is 1. The van der Waals surface area contributed by atoms with Crippen LogP contribution in [0.15, 0.2) is 54.7 Å². The van der Waals surface area contributed by atoms with Crippen LogP contribution in [0.25, 0.3) is 32.5 Å². The van der Waals surface area contributed by atoms with E-state index in [2.05, 4.69) is 5.10 Å². The number of aromatic nitrogens is 4. The van der Waals surface area contributed by atoms with E-state index in [1.54, 1.807) is 29.5 Å². The molecule has 0 atom stereocenters. The molecule has 36 heavy (non-hydrogen) atoms. The predicted molar refractivity (Wildman–Crippen MR) is 140 cm³/mol. The highest BCUT2D eigenvalue weighted by atomic mass is 32.1. The third kappa shape index (κ3) is 3.95. The Morgan fingerprint density at radius 2 is 1.89 bits per heavy atom. The van der Waals surface area contributed by atoms with Gasteiger partial charge in [-0.2, -0.15) is 5.10 Å². The van der Waals surface area contributed by atoms with Crippen molar-refractivity contribution in [2.75, 3.05) is 20.3 Å². The second-order valence-electron chi connectivity index (χ2n) is 9.07. The summed E-state index contributed by atoms with van der Waals surface area (Å²) in [5, 5.41) is 6.16. The van der Waals surface area contributed by atoms with E-state index in [4.69, 9.17) is 19.4 Å². The molecule has 1 aliphatic rings. The van der Waals surface area contributed by atoms with Gasteiger partial charge in [0.25, 0.3) is 5.91 Å². The van der Waals surface area contributed by atoms with E-state index in [9.17, 15) is 4.79 Å². The lowest BCUT2D eigenvalue weighted by atomic mass is 10.1. The van der Waals surface area contributed by atoms with Crippen molar-refractivity contribution < 1.29 is 14.3 Å². The molecule has 0 spiro atoms. The van der Waals surface area contributed by atoms with Crippen LogP contribution in [-0.4, -0.2) is 50.8 Å². The predicted octanol–water partition coefficient (Wildman–Crippen LogP) is 5.33. The van der Waals surface area contributed by atoms with Gasteiger partial charge in [-0.3, -0.25) is 4.79 Å². The minimum absolute atomic E-state index is 0.0916. The van der Waals surface area contributed by atoms with Crippen molar-refractivity contribution in [2.45, 2.75) is 26.4 Å². The normalized spacial score (nSPS) is 13.0. The number of carbonyl (C=O) groups excluding carboxylic acids is 1. The Bertz CT molecular complexity index is 1570. The van der Waals surface area contributed by atoms with Gasteiger partial charge in [-0.05, 0) is 50.2 Å². The number of ether oxygens (including phenoxy) is 2. The lowest BCUT2D eigenvalue weighted by Gasteiger charge is -2.19. The quantitative estimate of drug-likeness (QED) is 0.325. The molecule has 8 nitrogen and oxygen atoms in total. The largest absolute Gasteiger partial charge is 0.486 e. The highest BCUT2D eigenvalue weighted by Crippen LogP contribution is 2.35. The highest BCUT2D eigenvalue weighted by molar-refractivity contribution is 7.18. The maximum absolute atomic E-state index is 13.8. The molecule has 0 aliphatic carbocycles. The number of pyridine rings is 1. The second kappa shape index (κ2) is 8.91. The molecule has 0 fully saturated rings. The molecule has 4 heterocycles. The molecular weight excluding hydrogens is 474 g/mol. The maximum atomic E-state index is 13.8. The first-order chi connectivity index (χ1) is 17.5. The first-order valence-corrected chi connectivity index (χ1v) is 12.7. The van der Waals surface area contributed by atoms with E-state index in [1.165, 1.54) is 0 Å². The molecule has 0 unspecified atom stereocenters. The summed E-state index contributed by atoms with van der Waals surface area (Å²) in [5.41, 5.74) is 3.71. The van der Waals surface area contributed by atoms with E-state index < -0.39 is 0 Å². The Morgan fingerprint density at radius 1 is 1.08 bits per heavy atom. The van der Waals surface area contributed by atoms with Crippen LogP contribution in [0.1, 0.15) is 35.3 Å². The van der Waals surface area contributed by atoms with Crippen molar-refractivity contribution in [2.24, 2.45) is 0 Å². The van der Waals surface area contributed by atoms with Crippen LogP contribution in [0.4, 0.5) is 0 Å². The van der Waals surface area contributed by atoms with Crippen LogP contribution in [0.2, 0.25) is 0 Å². The summed E-state index contributed by atoms with van der Waals surface area (Å²) in [4.78, 5) is 25.1. The Morgan fingerprint density at radius 3 is 2.69 bits per heavy atom. The highest BCUT2D eigenvalue weighted by Gasteiger charge is 2.23. The zero-order valence-corrected chi connectivity index (χ0v) is 21.1. The molecule has 6 rings (SSSR count). The standard InChI is InChI=1S/C27H25N5O3S/c1-16(2)32-26-19(14-28-32)18(13-21(30-26)17-8-9-22-23(12-17)35-11-10-34-22)27(33)31(3)15-25-29-20-6-4-5-7-24(20)36-25/h4-9,12-14,16H,10-11,15H2,1-3H3. The molecule has 1 aliphatic heterocycles. The van der Waals surface area contributed by atoms with Crippen LogP contribution < -0.4 is 9.47 Å². The van der Waals surface area contributed by atoms with Gasteiger partial charge in [0.05, 0.1) is 39.6 Å². The molecule has 0 N–H and O–H groups in total.